The fourth-order valence-electron chi connectivity index (χ4n) is 3.01. The fourth-order valence-corrected chi connectivity index (χ4v) is 4.81. The molecule has 2 N–H and O–H groups in total. The third kappa shape index (κ3) is 2.26. The average Bonchev–Trinajstić information content (AvgIpc) is 2.52. The van der Waals surface area contributed by atoms with Crippen molar-refractivity contribution < 1.29 is 23.4 Å². The van der Waals surface area contributed by atoms with E-state index in [9.17, 15) is 23.4 Å². The number of likely N-dealkylation sites (tertiary alicyclic amines) is 1. The number of aliphatic hydroxyl groups is 1. The van der Waals surface area contributed by atoms with Gasteiger partial charge in [0.15, 0.2) is 9.84 Å². The topological polar surface area (TPSA) is 94.9 Å². The summed E-state index contributed by atoms with van der Waals surface area (Å²) in [5.41, 5.74) is -1.07. The van der Waals surface area contributed by atoms with Gasteiger partial charge in [-0.3, -0.25) is 9.69 Å². The first-order chi connectivity index (χ1) is 8.26. The van der Waals surface area contributed by atoms with Crippen LogP contribution in [-0.2, 0) is 14.6 Å². The monoisotopic (exact) mass is 277 g/mol. The zero-order valence-corrected chi connectivity index (χ0v) is 11.2. The number of piperidine rings is 1. The number of carboxylic acid groups (broad SMARTS) is 1. The zero-order valence-electron chi connectivity index (χ0n) is 10.4. The third-order valence-corrected chi connectivity index (χ3v) is 5.80. The van der Waals surface area contributed by atoms with Gasteiger partial charge in [-0.05, 0) is 32.7 Å². The molecule has 0 saturated carbocycles. The Kier molecular flexibility index (Phi) is 3.42. The summed E-state index contributed by atoms with van der Waals surface area (Å²) in [4.78, 5) is 13.1. The van der Waals surface area contributed by atoms with Crippen molar-refractivity contribution in [3.63, 3.8) is 0 Å². The number of aliphatic carboxylic acids is 1. The van der Waals surface area contributed by atoms with Crippen molar-refractivity contribution in [3.8, 4) is 0 Å². The first kappa shape index (κ1) is 13.8. The van der Waals surface area contributed by atoms with Crippen LogP contribution in [0.3, 0.4) is 0 Å². The van der Waals surface area contributed by atoms with Gasteiger partial charge < -0.3 is 10.2 Å². The molecular formula is C11H19NO5S. The van der Waals surface area contributed by atoms with Gasteiger partial charge in [0, 0.05) is 0 Å². The van der Waals surface area contributed by atoms with Crippen LogP contribution in [0.5, 0.6) is 0 Å². The van der Waals surface area contributed by atoms with E-state index in [0.717, 1.165) is 12.8 Å². The molecule has 3 unspecified atom stereocenters. The number of carboxylic acids is 1. The molecule has 6 nitrogen and oxygen atoms in total. The molecule has 2 aliphatic heterocycles. The van der Waals surface area contributed by atoms with Gasteiger partial charge in [0.05, 0.1) is 23.7 Å². The summed E-state index contributed by atoms with van der Waals surface area (Å²) in [5.74, 6) is -1.35. The van der Waals surface area contributed by atoms with Crippen LogP contribution in [0.25, 0.3) is 0 Å². The summed E-state index contributed by atoms with van der Waals surface area (Å²) in [6.07, 6.45) is 1.17. The summed E-state index contributed by atoms with van der Waals surface area (Å²) in [6, 6.07) is -0.587. The standard InChI is InChI=1S/C11H19NO5S/c1-11(10(14)15)4-2-3-5-12(11)8-6-18(16,17)7-9(8)13/h8-9,13H,2-7H2,1H3,(H,14,15). The Balaban J connectivity index is 2.28. The van der Waals surface area contributed by atoms with Crippen LogP contribution in [0.4, 0.5) is 0 Å². The molecule has 0 radical (unpaired) electrons. The van der Waals surface area contributed by atoms with E-state index in [-0.39, 0.29) is 11.5 Å². The molecule has 0 bridgehead atoms. The number of hydrogen-bond acceptors (Lipinski definition) is 5. The van der Waals surface area contributed by atoms with Gasteiger partial charge >= 0.3 is 5.97 Å². The molecule has 7 heteroatoms. The molecule has 0 amide bonds. The molecule has 2 rings (SSSR count). The predicted molar refractivity (Wildman–Crippen MR) is 65.0 cm³/mol. The first-order valence-corrected chi connectivity index (χ1v) is 7.97. The second kappa shape index (κ2) is 4.47. The van der Waals surface area contributed by atoms with Crippen molar-refractivity contribution in [2.45, 2.75) is 43.9 Å². The number of aliphatic hydroxyl groups excluding tert-OH is 1. The van der Waals surface area contributed by atoms with Crippen molar-refractivity contribution >= 4 is 15.8 Å². The van der Waals surface area contributed by atoms with E-state index in [1.54, 1.807) is 11.8 Å². The second-order valence-corrected chi connectivity index (χ2v) is 7.59. The molecule has 3 atom stereocenters. The highest BCUT2D eigenvalue weighted by Gasteiger charge is 2.50. The van der Waals surface area contributed by atoms with Gasteiger partial charge in [0.1, 0.15) is 5.54 Å². The largest absolute Gasteiger partial charge is 0.480 e. The van der Waals surface area contributed by atoms with Gasteiger partial charge in [-0.1, -0.05) is 0 Å². The van der Waals surface area contributed by atoms with Gasteiger partial charge in [0.25, 0.3) is 0 Å². The normalized spacial score (nSPS) is 40.8. The van der Waals surface area contributed by atoms with Crippen molar-refractivity contribution in [2.75, 3.05) is 18.1 Å². The average molecular weight is 277 g/mol. The Morgan fingerprint density at radius 3 is 2.50 bits per heavy atom. The molecule has 0 aromatic carbocycles. The Labute approximate surface area is 107 Å². The Hall–Kier alpha value is -0.660. The molecular weight excluding hydrogens is 258 g/mol. The van der Waals surface area contributed by atoms with Crippen molar-refractivity contribution in [1.82, 2.24) is 4.90 Å². The Morgan fingerprint density at radius 2 is 2.00 bits per heavy atom. The molecule has 0 spiro atoms. The van der Waals surface area contributed by atoms with E-state index < -0.39 is 33.5 Å². The van der Waals surface area contributed by atoms with Gasteiger partial charge in [-0.15, -0.1) is 0 Å². The van der Waals surface area contributed by atoms with Crippen LogP contribution in [0.15, 0.2) is 0 Å². The zero-order chi connectivity index (χ0) is 13.6. The van der Waals surface area contributed by atoms with Crippen LogP contribution in [0.2, 0.25) is 0 Å². The number of sulfone groups is 1. The maximum Gasteiger partial charge on any atom is 0.323 e. The van der Waals surface area contributed by atoms with E-state index in [1.165, 1.54) is 0 Å². The van der Waals surface area contributed by atoms with Crippen LogP contribution in [-0.4, -0.2) is 65.2 Å². The SMILES string of the molecule is CC1(C(=O)O)CCCCN1C1CS(=O)(=O)CC1O. The highest BCUT2D eigenvalue weighted by Crippen LogP contribution is 2.33. The third-order valence-electron chi connectivity index (χ3n) is 4.10. The molecule has 0 aromatic rings. The fraction of sp³-hybridized carbons (Fsp3) is 0.909. The highest BCUT2D eigenvalue weighted by atomic mass is 32.2. The van der Waals surface area contributed by atoms with E-state index >= 15 is 0 Å². The maximum absolute atomic E-state index is 11.5. The summed E-state index contributed by atoms with van der Waals surface area (Å²) in [5, 5.41) is 19.2. The van der Waals surface area contributed by atoms with Gasteiger partial charge in [0.2, 0.25) is 0 Å². The lowest BCUT2D eigenvalue weighted by molar-refractivity contribution is -0.156. The lowest BCUT2D eigenvalue weighted by Crippen LogP contribution is -2.61. The minimum atomic E-state index is -3.25. The van der Waals surface area contributed by atoms with Crippen LogP contribution >= 0.6 is 0 Å². The molecule has 0 aliphatic carbocycles. The molecule has 104 valence electrons. The minimum Gasteiger partial charge on any atom is -0.480 e. The van der Waals surface area contributed by atoms with Gasteiger partial charge in [-0.2, -0.15) is 0 Å². The minimum absolute atomic E-state index is 0.142. The molecule has 2 saturated heterocycles. The van der Waals surface area contributed by atoms with E-state index in [1.807, 2.05) is 0 Å². The quantitative estimate of drug-likeness (QED) is 0.705. The maximum atomic E-state index is 11.5. The Bertz CT molecular complexity index is 448. The first-order valence-electron chi connectivity index (χ1n) is 6.15. The summed E-state index contributed by atoms with van der Waals surface area (Å²) in [7, 11) is -3.25. The Morgan fingerprint density at radius 1 is 1.33 bits per heavy atom. The number of rotatable bonds is 2. The smallest absolute Gasteiger partial charge is 0.323 e. The molecule has 2 aliphatic rings. The van der Waals surface area contributed by atoms with Crippen molar-refractivity contribution in [1.29, 1.82) is 0 Å². The predicted octanol–water partition coefficient (Wildman–Crippen LogP) is -0.526. The van der Waals surface area contributed by atoms with Crippen LogP contribution in [0, 0.1) is 0 Å². The molecule has 2 fully saturated rings. The molecule has 18 heavy (non-hydrogen) atoms. The summed E-state index contributed by atoms with van der Waals surface area (Å²) < 4.78 is 23.1. The lowest BCUT2D eigenvalue weighted by Gasteiger charge is -2.45. The van der Waals surface area contributed by atoms with E-state index in [0.29, 0.717) is 13.0 Å². The number of hydrogen-bond donors (Lipinski definition) is 2. The van der Waals surface area contributed by atoms with E-state index in [2.05, 4.69) is 0 Å². The number of carbonyl (C=O) groups is 1. The summed E-state index contributed by atoms with van der Waals surface area (Å²) >= 11 is 0. The molecule has 0 aromatic heterocycles. The second-order valence-electron chi connectivity index (χ2n) is 5.44. The lowest BCUT2D eigenvalue weighted by atomic mass is 9.86. The van der Waals surface area contributed by atoms with Gasteiger partial charge in [-0.25, -0.2) is 8.42 Å². The van der Waals surface area contributed by atoms with E-state index in [4.69, 9.17) is 0 Å². The summed E-state index contributed by atoms with van der Waals surface area (Å²) in [6.45, 7) is 2.15. The van der Waals surface area contributed by atoms with Crippen molar-refractivity contribution in [2.24, 2.45) is 0 Å². The highest BCUT2D eigenvalue weighted by molar-refractivity contribution is 7.91. The van der Waals surface area contributed by atoms with Crippen LogP contribution < -0.4 is 0 Å². The molecule has 2 heterocycles. The number of nitrogens with zero attached hydrogens (tertiary/aromatic N) is 1. The van der Waals surface area contributed by atoms with Crippen molar-refractivity contribution in [3.05, 3.63) is 0 Å². The van der Waals surface area contributed by atoms with Crippen LogP contribution in [0.1, 0.15) is 26.2 Å².